The van der Waals surface area contributed by atoms with Crippen LogP contribution in [0.25, 0.3) is 0 Å². The van der Waals surface area contributed by atoms with E-state index in [4.69, 9.17) is 14.7 Å². The lowest BCUT2D eigenvalue weighted by Gasteiger charge is -2.21. The topological polar surface area (TPSA) is 57.7 Å². The normalized spacial score (nSPS) is 17.0. The second-order valence-corrected chi connectivity index (χ2v) is 9.87. The molecule has 0 aliphatic carbocycles. The third-order valence-electron chi connectivity index (χ3n) is 5.71. The number of hydrogen-bond donors (Lipinski definition) is 0. The maximum Gasteiger partial charge on any atom is 0.236 e. The van der Waals surface area contributed by atoms with Gasteiger partial charge in [-0.3, -0.25) is 0 Å². The Morgan fingerprint density at radius 1 is 1.03 bits per heavy atom. The summed E-state index contributed by atoms with van der Waals surface area (Å²) < 4.78 is 6.09. The highest BCUT2D eigenvalue weighted by Gasteiger charge is 2.32. The highest BCUT2D eigenvalue weighted by molar-refractivity contribution is 6.46. The molecule has 0 unspecified atom stereocenters. The molecule has 0 fully saturated rings. The smallest absolute Gasteiger partial charge is 0.236 e. The standard InChI is InChI=1S/C27H33N3O/c1-17(2)21-9-8-10-22(18(3)4)25(21)30-24(20-13-11-19(15-28)12-14-20)26-29-23(16-31-26)27(5,6)7/h8-14,17-18,23H,16H2,1-7H3/b30-24+/t23-/m1/s1. The molecular weight excluding hydrogens is 382 g/mol. The van der Waals surface area contributed by atoms with Crippen molar-refractivity contribution in [3.05, 3.63) is 64.7 Å². The van der Waals surface area contributed by atoms with Gasteiger partial charge in [0, 0.05) is 5.56 Å². The van der Waals surface area contributed by atoms with E-state index >= 15 is 0 Å². The van der Waals surface area contributed by atoms with Crippen molar-refractivity contribution >= 4 is 17.3 Å². The lowest BCUT2D eigenvalue weighted by atomic mass is 9.88. The van der Waals surface area contributed by atoms with Crippen LogP contribution in [-0.4, -0.2) is 24.3 Å². The summed E-state index contributed by atoms with van der Waals surface area (Å²) in [5.74, 6) is 1.26. The fourth-order valence-corrected chi connectivity index (χ4v) is 3.64. The van der Waals surface area contributed by atoms with E-state index in [1.807, 2.05) is 24.3 Å². The average molecular weight is 416 g/mol. The molecule has 0 saturated heterocycles. The van der Waals surface area contributed by atoms with Gasteiger partial charge in [0.1, 0.15) is 12.3 Å². The lowest BCUT2D eigenvalue weighted by Crippen LogP contribution is -2.25. The van der Waals surface area contributed by atoms with Crippen molar-refractivity contribution in [1.82, 2.24) is 0 Å². The first-order valence-corrected chi connectivity index (χ1v) is 11.0. The Morgan fingerprint density at radius 3 is 2.06 bits per heavy atom. The number of benzene rings is 2. The van der Waals surface area contributed by atoms with E-state index in [9.17, 15) is 5.26 Å². The lowest BCUT2D eigenvalue weighted by molar-refractivity contribution is 0.237. The van der Waals surface area contributed by atoms with Crippen LogP contribution in [0, 0.1) is 16.7 Å². The zero-order valence-corrected chi connectivity index (χ0v) is 19.7. The summed E-state index contributed by atoms with van der Waals surface area (Å²) >= 11 is 0. The van der Waals surface area contributed by atoms with Crippen molar-refractivity contribution in [2.24, 2.45) is 15.4 Å². The zero-order chi connectivity index (χ0) is 22.8. The zero-order valence-electron chi connectivity index (χ0n) is 19.7. The van der Waals surface area contributed by atoms with Crippen molar-refractivity contribution in [1.29, 1.82) is 5.26 Å². The van der Waals surface area contributed by atoms with E-state index in [2.05, 4.69) is 72.7 Å². The minimum absolute atomic E-state index is 0.0104. The second kappa shape index (κ2) is 9.06. The molecule has 162 valence electrons. The molecule has 0 amide bonds. The summed E-state index contributed by atoms with van der Waals surface area (Å²) in [5, 5.41) is 9.20. The first-order valence-electron chi connectivity index (χ1n) is 11.0. The summed E-state index contributed by atoms with van der Waals surface area (Å²) in [6.45, 7) is 15.9. The van der Waals surface area contributed by atoms with E-state index in [0.717, 1.165) is 17.0 Å². The van der Waals surface area contributed by atoms with Crippen LogP contribution in [0.15, 0.2) is 52.4 Å². The number of nitriles is 1. The quantitative estimate of drug-likeness (QED) is 0.506. The van der Waals surface area contributed by atoms with Crippen molar-refractivity contribution in [2.45, 2.75) is 66.3 Å². The molecule has 0 N–H and O–H groups in total. The fraction of sp³-hybridized carbons (Fsp3) is 0.444. The van der Waals surface area contributed by atoms with Gasteiger partial charge < -0.3 is 4.74 Å². The van der Waals surface area contributed by atoms with Crippen LogP contribution in [0.5, 0.6) is 0 Å². The molecule has 1 heterocycles. The monoisotopic (exact) mass is 415 g/mol. The summed E-state index contributed by atoms with van der Waals surface area (Å²) in [4.78, 5) is 10.1. The van der Waals surface area contributed by atoms with Gasteiger partial charge >= 0.3 is 0 Å². The molecular formula is C27H33N3O. The number of nitrogens with zero attached hydrogens (tertiary/aromatic N) is 3. The number of hydrogen-bond acceptors (Lipinski definition) is 4. The number of para-hydroxylation sites is 1. The predicted molar refractivity (Wildman–Crippen MR) is 129 cm³/mol. The molecule has 1 aliphatic rings. The minimum Gasteiger partial charge on any atom is -0.474 e. The third kappa shape index (κ3) is 5.05. The predicted octanol–water partition coefficient (Wildman–Crippen LogP) is 6.77. The van der Waals surface area contributed by atoms with E-state index in [1.54, 1.807) is 0 Å². The van der Waals surface area contributed by atoms with Crippen LogP contribution >= 0.6 is 0 Å². The Bertz CT molecular complexity index is 1010. The van der Waals surface area contributed by atoms with Gasteiger partial charge in [0.05, 0.1) is 23.4 Å². The van der Waals surface area contributed by atoms with Crippen molar-refractivity contribution < 1.29 is 4.74 Å². The maximum absolute atomic E-state index is 9.20. The average Bonchev–Trinajstić information content (AvgIpc) is 3.22. The molecule has 0 spiro atoms. The number of aliphatic imine (C=N–C) groups is 2. The molecule has 0 bridgehead atoms. The van der Waals surface area contributed by atoms with Gasteiger partial charge in [-0.15, -0.1) is 0 Å². The first kappa shape index (κ1) is 22.7. The van der Waals surface area contributed by atoms with E-state index in [1.165, 1.54) is 11.1 Å². The molecule has 31 heavy (non-hydrogen) atoms. The second-order valence-electron chi connectivity index (χ2n) is 9.87. The largest absolute Gasteiger partial charge is 0.474 e. The summed E-state index contributed by atoms with van der Waals surface area (Å²) in [6.07, 6.45) is 0. The van der Waals surface area contributed by atoms with E-state index in [-0.39, 0.29) is 11.5 Å². The third-order valence-corrected chi connectivity index (χ3v) is 5.71. The van der Waals surface area contributed by atoms with E-state index < -0.39 is 0 Å². The SMILES string of the molecule is CC(C)c1cccc(C(C)C)c1/N=C(/C1=N[C@@H](C(C)(C)C)CO1)c1ccc(C#N)cc1. The Kier molecular flexibility index (Phi) is 6.65. The Morgan fingerprint density at radius 2 is 1.61 bits per heavy atom. The van der Waals surface area contributed by atoms with Gasteiger partial charge in [0.2, 0.25) is 5.90 Å². The number of ether oxygens (including phenoxy) is 1. The first-order chi connectivity index (χ1) is 14.6. The van der Waals surface area contributed by atoms with Gasteiger partial charge in [-0.2, -0.15) is 5.26 Å². The summed E-state index contributed by atoms with van der Waals surface area (Å²) in [5.41, 5.74) is 5.68. The molecule has 2 aromatic carbocycles. The van der Waals surface area contributed by atoms with Gasteiger partial charge in [-0.05, 0) is 40.5 Å². The van der Waals surface area contributed by atoms with Crippen molar-refractivity contribution in [2.75, 3.05) is 6.61 Å². The molecule has 4 heteroatoms. The molecule has 3 rings (SSSR count). The Hall–Kier alpha value is -2.93. The minimum atomic E-state index is 0.0104. The number of rotatable bonds is 5. The molecule has 0 saturated carbocycles. The van der Waals surface area contributed by atoms with Crippen LogP contribution in [0.1, 0.15) is 82.6 Å². The molecule has 1 atom stereocenters. The van der Waals surface area contributed by atoms with Gasteiger partial charge in [0.25, 0.3) is 0 Å². The van der Waals surface area contributed by atoms with Crippen LogP contribution in [0.2, 0.25) is 0 Å². The molecule has 1 aliphatic heterocycles. The fourth-order valence-electron chi connectivity index (χ4n) is 3.64. The van der Waals surface area contributed by atoms with E-state index in [0.29, 0.717) is 29.9 Å². The molecule has 0 radical (unpaired) electrons. The molecule has 2 aromatic rings. The van der Waals surface area contributed by atoms with Crippen LogP contribution in [0.3, 0.4) is 0 Å². The molecule has 0 aromatic heterocycles. The summed E-state index contributed by atoms with van der Waals surface area (Å²) in [7, 11) is 0. The Balaban J connectivity index is 2.23. The Labute approximate surface area is 186 Å². The van der Waals surface area contributed by atoms with Gasteiger partial charge in [-0.25, -0.2) is 9.98 Å². The van der Waals surface area contributed by atoms with Crippen LogP contribution < -0.4 is 0 Å². The highest BCUT2D eigenvalue weighted by Crippen LogP contribution is 2.36. The maximum atomic E-state index is 9.20. The molecule has 4 nitrogen and oxygen atoms in total. The van der Waals surface area contributed by atoms with Crippen LogP contribution in [-0.2, 0) is 4.74 Å². The van der Waals surface area contributed by atoms with Gasteiger partial charge in [0.15, 0.2) is 0 Å². The van der Waals surface area contributed by atoms with Gasteiger partial charge in [-0.1, -0.05) is 78.8 Å². The van der Waals surface area contributed by atoms with Crippen LogP contribution in [0.4, 0.5) is 5.69 Å². The van der Waals surface area contributed by atoms with Crippen molar-refractivity contribution in [3.63, 3.8) is 0 Å². The van der Waals surface area contributed by atoms with Crippen molar-refractivity contribution in [3.8, 4) is 6.07 Å². The summed E-state index contributed by atoms with van der Waals surface area (Å²) in [6, 6.07) is 16.2. The highest BCUT2D eigenvalue weighted by atomic mass is 16.5.